The Balaban J connectivity index is 2.04. The molecule has 118 valence electrons. The highest BCUT2D eigenvalue weighted by Gasteiger charge is 2.31. The first-order valence-corrected chi connectivity index (χ1v) is 9.26. The van der Waals surface area contributed by atoms with E-state index in [2.05, 4.69) is 25.6 Å². The molecule has 0 aromatic heterocycles. The zero-order valence-corrected chi connectivity index (χ0v) is 15.1. The molecule has 0 radical (unpaired) electrons. The zero-order valence-electron chi connectivity index (χ0n) is 12.7. The molecule has 0 spiro atoms. The smallest absolute Gasteiger partial charge is 0.285 e. The summed E-state index contributed by atoms with van der Waals surface area (Å²) in [6.07, 6.45) is 0. The lowest BCUT2D eigenvalue weighted by molar-refractivity contribution is 0.608. The van der Waals surface area contributed by atoms with Gasteiger partial charge in [-0.3, -0.25) is 0 Å². The normalized spacial score (nSPS) is 16.4. The maximum Gasteiger partial charge on any atom is 0.285 e. The van der Waals surface area contributed by atoms with Crippen LogP contribution in [0.3, 0.4) is 0 Å². The minimum absolute atomic E-state index is 0.257. The van der Waals surface area contributed by atoms with Crippen LogP contribution < -0.4 is 5.32 Å². The van der Waals surface area contributed by atoms with E-state index in [0.717, 1.165) is 15.7 Å². The minimum atomic E-state index is -3.69. The summed E-state index contributed by atoms with van der Waals surface area (Å²) < 4.78 is 29.6. The topological polar surface area (TPSA) is 58.5 Å². The molecule has 0 saturated carbocycles. The van der Waals surface area contributed by atoms with E-state index in [1.807, 2.05) is 55.5 Å². The second-order valence-electron chi connectivity index (χ2n) is 5.34. The molecule has 0 fully saturated rings. The number of nitrogens with zero attached hydrogens (tertiary/aromatic N) is 1. The number of rotatable bonds is 2. The second kappa shape index (κ2) is 5.94. The standard InChI is InChI=1S/C17H15BrN2O2S/c1-11-7-9-13(10-8-11)16-12(2)17(20-23(16,21)22)19-15-6-4-3-5-14(15)18/h3-10H,1-2H3,(H,19,20). The average molecular weight is 391 g/mol. The van der Waals surface area contributed by atoms with E-state index in [-0.39, 0.29) is 4.91 Å². The van der Waals surface area contributed by atoms with Gasteiger partial charge in [-0.05, 0) is 47.5 Å². The molecule has 0 aliphatic carbocycles. The fourth-order valence-electron chi connectivity index (χ4n) is 2.41. The van der Waals surface area contributed by atoms with E-state index < -0.39 is 10.0 Å². The number of anilines is 1. The van der Waals surface area contributed by atoms with Gasteiger partial charge >= 0.3 is 0 Å². The molecular formula is C17H15BrN2O2S. The van der Waals surface area contributed by atoms with Gasteiger partial charge in [-0.1, -0.05) is 42.0 Å². The molecule has 0 amide bonds. The van der Waals surface area contributed by atoms with E-state index in [1.165, 1.54) is 0 Å². The number of nitrogens with one attached hydrogen (secondary N) is 1. The summed E-state index contributed by atoms with van der Waals surface area (Å²) in [5.41, 5.74) is 3.12. The van der Waals surface area contributed by atoms with Crippen LogP contribution in [0.4, 0.5) is 5.69 Å². The first kappa shape index (κ1) is 16.0. The summed E-state index contributed by atoms with van der Waals surface area (Å²) in [7, 11) is -3.69. The number of benzene rings is 2. The van der Waals surface area contributed by atoms with Gasteiger partial charge in [-0.25, -0.2) is 0 Å². The van der Waals surface area contributed by atoms with Crippen molar-refractivity contribution in [3.05, 3.63) is 69.7 Å². The lowest BCUT2D eigenvalue weighted by Gasteiger charge is -2.08. The maximum atomic E-state index is 12.4. The summed E-state index contributed by atoms with van der Waals surface area (Å²) in [6.45, 7) is 3.73. The Morgan fingerprint density at radius 3 is 2.30 bits per heavy atom. The van der Waals surface area contributed by atoms with Gasteiger partial charge in [0.05, 0.1) is 5.69 Å². The molecule has 2 aromatic rings. The number of hydrogen-bond donors (Lipinski definition) is 1. The molecule has 1 aliphatic rings. The van der Waals surface area contributed by atoms with Crippen molar-refractivity contribution in [2.24, 2.45) is 4.40 Å². The van der Waals surface area contributed by atoms with Crippen molar-refractivity contribution in [3.8, 4) is 0 Å². The number of para-hydroxylation sites is 1. The number of sulfonamides is 1. The molecule has 0 unspecified atom stereocenters. The Bertz CT molecular complexity index is 929. The number of aryl methyl sites for hydroxylation is 1. The molecule has 0 saturated heterocycles. The van der Waals surface area contributed by atoms with Crippen LogP contribution in [0.5, 0.6) is 0 Å². The summed E-state index contributed by atoms with van der Waals surface area (Å²) in [4.78, 5) is 0.257. The van der Waals surface area contributed by atoms with Crippen LogP contribution in [0.15, 0.2) is 63.0 Å². The zero-order chi connectivity index (χ0) is 16.6. The van der Waals surface area contributed by atoms with Gasteiger partial charge in [0.1, 0.15) is 10.7 Å². The van der Waals surface area contributed by atoms with Crippen LogP contribution in [-0.4, -0.2) is 14.3 Å². The van der Waals surface area contributed by atoms with E-state index in [1.54, 1.807) is 6.92 Å². The molecule has 1 aliphatic heterocycles. The molecule has 3 rings (SSSR count). The molecule has 2 aromatic carbocycles. The summed E-state index contributed by atoms with van der Waals surface area (Å²) >= 11 is 3.44. The van der Waals surface area contributed by atoms with E-state index >= 15 is 0 Å². The van der Waals surface area contributed by atoms with Gasteiger partial charge in [0.2, 0.25) is 0 Å². The van der Waals surface area contributed by atoms with Gasteiger partial charge in [0.15, 0.2) is 0 Å². The van der Waals surface area contributed by atoms with Crippen molar-refractivity contribution >= 4 is 42.4 Å². The van der Waals surface area contributed by atoms with Crippen LogP contribution in [-0.2, 0) is 10.0 Å². The fourth-order valence-corrected chi connectivity index (χ4v) is 4.23. The van der Waals surface area contributed by atoms with Crippen LogP contribution in [0.1, 0.15) is 18.1 Å². The molecule has 4 nitrogen and oxygen atoms in total. The highest BCUT2D eigenvalue weighted by Crippen LogP contribution is 2.33. The third-order valence-corrected chi connectivity index (χ3v) is 5.78. The fraction of sp³-hybridized carbons (Fsp3) is 0.118. The first-order valence-electron chi connectivity index (χ1n) is 7.03. The molecular weight excluding hydrogens is 376 g/mol. The van der Waals surface area contributed by atoms with Crippen molar-refractivity contribution in [3.63, 3.8) is 0 Å². The highest BCUT2D eigenvalue weighted by atomic mass is 79.9. The van der Waals surface area contributed by atoms with E-state index in [0.29, 0.717) is 17.0 Å². The molecule has 23 heavy (non-hydrogen) atoms. The number of amidine groups is 1. The van der Waals surface area contributed by atoms with Crippen LogP contribution >= 0.6 is 15.9 Å². The Kier molecular flexibility index (Phi) is 4.12. The van der Waals surface area contributed by atoms with Crippen molar-refractivity contribution in [1.29, 1.82) is 0 Å². The van der Waals surface area contributed by atoms with Crippen molar-refractivity contribution in [2.45, 2.75) is 13.8 Å². The Morgan fingerprint density at radius 1 is 1.00 bits per heavy atom. The summed E-state index contributed by atoms with van der Waals surface area (Å²) in [5.74, 6) is 0.354. The van der Waals surface area contributed by atoms with Crippen LogP contribution in [0.2, 0.25) is 0 Å². The van der Waals surface area contributed by atoms with Crippen LogP contribution in [0.25, 0.3) is 4.91 Å². The predicted molar refractivity (Wildman–Crippen MR) is 97.9 cm³/mol. The molecule has 0 bridgehead atoms. The third-order valence-electron chi connectivity index (χ3n) is 3.61. The Morgan fingerprint density at radius 2 is 1.65 bits per heavy atom. The van der Waals surface area contributed by atoms with Gasteiger partial charge in [0.25, 0.3) is 10.0 Å². The van der Waals surface area contributed by atoms with E-state index in [4.69, 9.17) is 0 Å². The molecule has 0 atom stereocenters. The third kappa shape index (κ3) is 3.09. The maximum absolute atomic E-state index is 12.4. The first-order chi connectivity index (χ1) is 10.9. The van der Waals surface area contributed by atoms with Gasteiger partial charge < -0.3 is 5.32 Å². The Labute approximate surface area is 144 Å². The van der Waals surface area contributed by atoms with E-state index in [9.17, 15) is 8.42 Å². The second-order valence-corrected chi connectivity index (χ2v) is 7.74. The monoisotopic (exact) mass is 390 g/mol. The predicted octanol–water partition coefficient (Wildman–Crippen LogP) is 4.34. The SMILES string of the molecule is CC1=C(c2ccc(C)cc2)S(=O)(=O)N=C1Nc1ccccc1Br. The largest absolute Gasteiger partial charge is 0.338 e. The van der Waals surface area contributed by atoms with Crippen LogP contribution in [0, 0.1) is 6.92 Å². The molecule has 1 heterocycles. The quantitative estimate of drug-likeness (QED) is 0.829. The van der Waals surface area contributed by atoms with Gasteiger partial charge in [-0.15, -0.1) is 4.40 Å². The Hall–Kier alpha value is -1.92. The highest BCUT2D eigenvalue weighted by molar-refractivity contribution is 9.10. The number of halogens is 1. The average Bonchev–Trinajstić information content (AvgIpc) is 2.72. The van der Waals surface area contributed by atoms with Crippen molar-refractivity contribution < 1.29 is 8.42 Å². The molecule has 6 heteroatoms. The minimum Gasteiger partial charge on any atom is -0.338 e. The van der Waals surface area contributed by atoms with Gasteiger partial charge in [-0.2, -0.15) is 8.42 Å². The summed E-state index contributed by atoms with van der Waals surface area (Å²) in [6, 6.07) is 14.9. The van der Waals surface area contributed by atoms with Crippen molar-refractivity contribution in [2.75, 3.05) is 5.32 Å². The van der Waals surface area contributed by atoms with Crippen molar-refractivity contribution in [1.82, 2.24) is 0 Å². The number of hydrogen-bond acceptors (Lipinski definition) is 3. The lowest BCUT2D eigenvalue weighted by atomic mass is 10.1. The summed E-state index contributed by atoms with van der Waals surface area (Å²) in [5, 5.41) is 3.09. The molecule has 1 N–H and O–H groups in total. The lowest BCUT2D eigenvalue weighted by Crippen LogP contribution is -2.11. The van der Waals surface area contributed by atoms with Gasteiger partial charge in [0, 0.05) is 10.0 Å².